The minimum absolute atomic E-state index is 1.03. The van der Waals surface area contributed by atoms with Crippen molar-refractivity contribution in [3.05, 3.63) is 106 Å². The highest BCUT2D eigenvalue weighted by molar-refractivity contribution is 5.70. The fraction of sp³-hybridized carbons (Fsp3) is 0.0833. The molecule has 3 aromatic carbocycles. The standard InChI is InChI=1S/C24H20/c1-19-3-7-21(8-4-19)11-13-23-15-17-24(18-16-23)14-12-22-9-5-20(2)6-10-22/h3-11,13,15-18H,1-2H3. The lowest BCUT2D eigenvalue weighted by Crippen LogP contribution is -1.78. The summed E-state index contributed by atoms with van der Waals surface area (Å²) in [5.41, 5.74) is 7.00. The second-order valence-corrected chi connectivity index (χ2v) is 5.98. The van der Waals surface area contributed by atoms with Crippen molar-refractivity contribution in [2.45, 2.75) is 13.8 Å². The summed E-state index contributed by atoms with van der Waals surface area (Å²) in [6.45, 7) is 4.18. The normalized spacial score (nSPS) is 10.4. The molecule has 0 aliphatic rings. The molecule has 3 rings (SSSR count). The van der Waals surface area contributed by atoms with Crippen LogP contribution in [0.15, 0.2) is 72.8 Å². The minimum Gasteiger partial charge on any atom is -0.0617 e. The first kappa shape index (κ1) is 15.8. The predicted octanol–water partition coefficient (Wildman–Crippen LogP) is 5.87. The molecule has 0 aromatic heterocycles. The van der Waals surface area contributed by atoms with Crippen molar-refractivity contribution >= 4 is 12.2 Å². The molecule has 116 valence electrons. The molecule has 0 amide bonds. The van der Waals surface area contributed by atoms with Crippen LogP contribution < -0.4 is 0 Å². The van der Waals surface area contributed by atoms with E-state index >= 15 is 0 Å². The van der Waals surface area contributed by atoms with E-state index in [1.165, 1.54) is 22.3 Å². The van der Waals surface area contributed by atoms with E-state index in [-0.39, 0.29) is 0 Å². The molecule has 0 unspecified atom stereocenters. The third-order valence-electron chi connectivity index (χ3n) is 3.86. The smallest absolute Gasteiger partial charge is 0.0249 e. The molecule has 0 N–H and O–H groups in total. The van der Waals surface area contributed by atoms with Crippen LogP contribution in [-0.2, 0) is 0 Å². The molecule has 0 saturated carbocycles. The summed E-state index contributed by atoms with van der Waals surface area (Å²) in [7, 11) is 0. The van der Waals surface area contributed by atoms with E-state index in [1.807, 2.05) is 0 Å². The number of hydrogen-bond acceptors (Lipinski definition) is 0. The Morgan fingerprint density at radius 3 is 1.29 bits per heavy atom. The van der Waals surface area contributed by atoms with Crippen molar-refractivity contribution in [3.63, 3.8) is 0 Å². The monoisotopic (exact) mass is 308 g/mol. The Balaban J connectivity index is 1.69. The fourth-order valence-electron chi connectivity index (χ4n) is 2.33. The topological polar surface area (TPSA) is 0 Å². The zero-order valence-corrected chi connectivity index (χ0v) is 14.1. The van der Waals surface area contributed by atoms with Crippen LogP contribution in [0.4, 0.5) is 0 Å². The number of aryl methyl sites for hydroxylation is 2. The lowest BCUT2D eigenvalue weighted by atomic mass is 10.1. The van der Waals surface area contributed by atoms with E-state index in [2.05, 4.69) is 111 Å². The van der Waals surface area contributed by atoms with Crippen molar-refractivity contribution in [1.82, 2.24) is 0 Å². The van der Waals surface area contributed by atoms with Gasteiger partial charge in [0.15, 0.2) is 0 Å². The first-order valence-corrected chi connectivity index (χ1v) is 8.12. The molecular formula is C24H20. The average Bonchev–Trinajstić information content (AvgIpc) is 2.62. The molecule has 0 heterocycles. The van der Waals surface area contributed by atoms with E-state index in [4.69, 9.17) is 0 Å². The average molecular weight is 308 g/mol. The zero-order valence-electron chi connectivity index (χ0n) is 14.1. The van der Waals surface area contributed by atoms with Crippen molar-refractivity contribution in [1.29, 1.82) is 0 Å². The fourth-order valence-corrected chi connectivity index (χ4v) is 2.33. The molecule has 0 atom stereocenters. The van der Waals surface area contributed by atoms with E-state index < -0.39 is 0 Å². The molecule has 0 aliphatic carbocycles. The van der Waals surface area contributed by atoms with Gasteiger partial charge in [-0.25, -0.2) is 0 Å². The first-order valence-electron chi connectivity index (χ1n) is 8.12. The second kappa shape index (κ2) is 7.49. The molecule has 0 radical (unpaired) electrons. The Morgan fingerprint density at radius 2 is 0.833 bits per heavy atom. The maximum absolute atomic E-state index is 3.21. The Bertz CT molecular complexity index is 881. The number of benzene rings is 3. The van der Waals surface area contributed by atoms with Crippen LogP contribution in [0.1, 0.15) is 33.4 Å². The zero-order chi connectivity index (χ0) is 16.8. The Labute approximate surface area is 144 Å². The maximum Gasteiger partial charge on any atom is 0.0249 e. The summed E-state index contributed by atoms with van der Waals surface area (Å²) < 4.78 is 0. The van der Waals surface area contributed by atoms with Crippen molar-refractivity contribution < 1.29 is 0 Å². The summed E-state index contributed by atoms with van der Waals surface area (Å²) >= 11 is 0. The van der Waals surface area contributed by atoms with E-state index in [9.17, 15) is 0 Å². The second-order valence-electron chi connectivity index (χ2n) is 5.98. The van der Waals surface area contributed by atoms with Gasteiger partial charge in [-0.15, -0.1) is 0 Å². The van der Waals surface area contributed by atoms with Crippen molar-refractivity contribution in [3.8, 4) is 11.8 Å². The molecule has 3 aromatic rings. The third kappa shape index (κ3) is 4.48. The largest absolute Gasteiger partial charge is 0.0617 e. The summed E-state index contributed by atoms with van der Waals surface area (Å²) in [5, 5.41) is 0. The summed E-state index contributed by atoms with van der Waals surface area (Å²) in [6.07, 6.45) is 4.26. The molecule has 0 bridgehead atoms. The molecule has 0 aliphatic heterocycles. The SMILES string of the molecule is Cc1ccc(C#Cc2ccc(C=Cc3ccc(C)cc3)cc2)cc1. The van der Waals surface area contributed by atoms with Crippen LogP contribution in [0, 0.1) is 25.7 Å². The Morgan fingerprint density at radius 1 is 0.500 bits per heavy atom. The van der Waals surface area contributed by atoms with E-state index in [0.29, 0.717) is 0 Å². The Kier molecular flexibility index (Phi) is 4.94. The van der Waals surface area contributed by atoms with Gasteiger partial charge in [0.25, 0.3) is 0 Å². The predicted molar refractivity (Wildman–Crippen MR) is 104 cm³/mol. The van der Waals surface area contributed by atoms with Gasteiger partial charge in [0.2, 0.25) is 0 Å². The first-order chi connectivity index (χ1) is 11.7. The lowest BCUT2D eigenvalue weighted by Gasteiger charge is -1.97. The molecule has 24 heavy (non-hydrogen) atoms. The van der Waals surface area contributed by atoms with Gasteiger partial charge in [0.05, 0.1) is 0 Å². The van der Waals surface area contributed by atoms with Crippen LogP contribution in [0.25, 0.3) is 12.2 Å². The number of hydrogen-bond donors (Lipinski definition) is 0. The van der Waals surface area contributed by atoms with Crippen LogP contribution in [-0.4, -0.2) is 0 Å². The highest BCUT2D eigenvalue weighted by atomic mass is 14.0. The van der Waals surface area contributed by atoms with E-state index in [1.54, 1.807) is 0 Å². The molecular weight excluding hydrogens is 288 g/mol. The molecule has 0 saturated heterocycles. The molecule has 0 spiro atoms. The van der Waals surface area contributed by atoms with Gasteiger partial charge in [0.1, 0.15) is 0 Å². The highest BCUT2D eigenvalue weighted by Crippen LogP contribution is 2.11. The van der Waals surface area contributed by atoms with Gasteiger partial charge in [-0.1, -0.05) is 83.7 Å². The lowest BCUT2D eigenvalue weighted by molar-refractivity contribution is 1.46. The van der Waals surface area contributed by atoms with Gasteiger partial charge in [-0.05, 0) is 49.2 Å². The third-order valence-corrected chi connectivity index (χ3v) is 3.86. The maximum atomic E-state index is 3.21. The van der Waals surface area contributed by atoms with Gasteiger partial charge in [0, 0.05) is 11.1 Å². The summed E-state index contributed by atoms with van der Waals surface area (Å²) in [4.78, 5) is 0. The molecule has 0 fully saturated rings. The molecule has 0 heteroatoms. The highest BCUT2D eigenvalue weighted by Gasteiger charge is 1.91. The molecule has 0 nitrogen and oxygen atoms in total. The van der Waals surface area contributed by atoms with Gasteiger partial charge < -0.3 is 0 Å². The quantitative estimate of drug-likeness (QED) is 0.410. The van der Waals surface area contributed by atoms with Gasteiger partial charge >= 0.3 is 0 Å². The summed E-state index contributed by atoms with van der Waals surface area (Å²) in [6, 6.07) is 25.1. The van der Waals surface area contributed by atoms with Crippen molar-refractivity contribution in [2.75, 3.05) is 0 Å². The van der Waals surface area contributed by atoms with Crippen LogP contribution in [0.3, 0.4) is 0 Å². The van der Waals surface area contributed by atoms with Crippen LogP contribution in [0.2, 0.25) is 0 Å². The van der Waals surface area contributed by atoms with E-state index in [0.717, 1.165) is 11.1 Å². The minimum atomic E-state index is 1.03. The van der Waals surface area contributed by atoms with Crippen LogP contribution >= 0.6 is 0 Å². The Hall–Kier alpha value is -3.04. The summed E-state index contributed by atoms with van der Waals surface area (Å²) in [5.74, 6) is 6.42. The number of rotatable bonds is 2. The van der Waals surface area contributed by atoms with Crippen LogP contribution in [0.5, 0.6) is 0 Å². The van der Waals surface area contributed by atoms with Gasteiger partial charge in [-0.3, -0.25) is 0 Å². The van der Waals surface area contributed by atoms with Gasteiger partial charge in [-0.2, -0.15) is 0 Å². The van der Waals surface area contributed by atoms with Crippen molar-refractivity contribution in [2.24, 2.45) is 0 Å².